The average Bonchev–Trinajstić information content (AvgIpc) is 2.38. The zero-order valence-corrected chi connectivity index (χ0v) is 8.84. The van der Waals surface area contributed by atoms with Gasteiger partial charge in [-0.05, 0) is 11.6 Å². The van der Waals surface area contributed by atoms with Crippen molar-refractivity contribution in [3.63, 3.8) is 0 Å². The minimum Gasteiger partial charge on any atom is -0.486 e. The van der Waals surface area contributed by atoms with E-state index in [4.69, 9.17) is 4.74 Å². The molecule has 80 valence electrons. The first-order valence-electron chi connectivity index (χ1n) is 4.99. The van der Waals surface area contributed by atoms with Gasteiger partial charge < -0.3 is 4.74 Å². The molecule has 0 aliphatic heterocycles. The van der Waals surface area contributed by atoms with Gasteiger partial charge >= 0.3 is 0 Å². The predicted molar refractivity (Wildman–Crippen MR) is 62.9 cm³/mol. The molecular weight excluding hydrogens is 200 g/mol. The molecule has 1 heterocycles. The van der Waals surface area contributed by atoms with E-state index in [9.17, 15) is 0 Å². The van der Waals surface area contributed by atoms with Gasteiger partial charge in [-0.2, -0.15) is 0 Å². The van der Waals surface area contributed by atoms with Crippen LogP contribution in [0.25, 0.3) is 6.08 Å². The molecule has 0 radical (unpaired) electrons. The van der Waals surface area contributed by atoms with Crippen molar-refractivity contribution < 1.29 is 4.74 Å². The molecule has 0 aliphatic carbocycles. The van der Waals surface area contributed by atoms with Crippen LogP contribution >= 0.6 is 0 Å². The lowest BCUT2D eigenvalue weighted by Gasteiger charge is -2.05. The molecule has 3 heteroatoms. The van der Waals surface area contributed by atoms with E-state index in [1.165, 1.54) is 0 Å². The summed E-state index contributed by atoms with van der Waals surface area (Å²) < 4.78 is 5.53. The van der Waals surface area contributed by atoms with Crippen LogP contribution in [0.5, 0.6) is 5.75 Å². The normalized spacial score (nSPS) is 9.75. The van der Waals surface area contributed by atoms with Crippen molar-refractivity contribution in [2.45, 2.75) is 6.61 Å². The summed E-state index contributed by atoms with van der Waals surface area (Å²) in [4.78, 5) is 8.11. The molecule has 0 fully saturated rings. The van der Waals surface area contributed by atoms with Gasteiger partial charge in [0.15, 0.2) is 11.6 Å². The fourth-order valence-electron chi connectivity index (χ4n) is 1.25. The molecular formula is C13H12N2O. The van der Waals surface area contributed by atoms with E-state index >= 15 is 0 Å². The topological polar surface area (TPSA) is 35.0 Å². The fourth-order valence-corrected chi connectivity index (χ4v) is 1.25. The van der Waals surface area contributed by atoms with E-state index in [-0.39, 0.29) is 0 Å². The van der Waals surface area contributed by atoms with E-state index in [1.807, 2.05) is 30.3 Å². The molecule has 1 aromatic heterocycles. The summed E-state index contributed by atoms with van der Waals surface area (Å²) in [6.07, 6.45) is 4.89. The SMILES string of the molecule is C=Cc1ncc(OCc2ccccc2)cn1. The first-order valence-corrected chi connectivity index (χ1v) is 4.99. The number of nitrogens with zero attached hydrogens (tertiary/aromatic N) is 2. The van der Waals surface area contributed by atoms with Gasteiger partial charge in [-0.1, -0.05) is 36.9 Å². The molecule has 16 heavy (non-hydrogen) atoms. The second-order valence-corrected chi connectivity index (χ2v) is 3.26. The smallest absolute Gasteiger partial charge is 0.156 e. The minimum absolute atomic E-state index is 0.525. The van der Waals surface area contributed by atoms with Crippen molar-refractivity contribution in [2.75, 3.05) is 0 Å². The van der Waals surface area contributed by atoms with E-state index in [0.29, 0.717) is 18.2 Å². The monoisotopic (exact) mass is 212 g/mol. The lowest BCUT2D eigenvalue weighted by atomic mass is 10.2. The molecule has 2 aromatic rings. The van der Waals surface area contributed by atoms with Crippen molar-refractivity contribution in [2.24, 2.45) is 0 Å². The van der Waals surface area contributed by atoms with Gasteiger partial charge in [-0.25, -0.2) is 9.97 Å². The highest BCUT2D eigenvalue weighted by Gasteiger charge is 1.96. The summed E-state index contributed by atoms with van der Waals surface area (Å²) in [5.41, 5.74) is 1.12. The first kappa shape index (κ1) is 10.4. The summed E-state index contributed by atoms with van der Waals surface area (Å²) in [7, 11) is 0. The summed E-state index contributed by atoms with van der Waals surface area (Å²) in [6, 6.07) is 9.97. The Balaban J connectivity index is 1.97. The van der Waals surface area contributed by atoms with Crippen LogP contribution in [0, 0.1) is 0 Å². The zero-order valence-electron chi connectivity index (χ0n) is 8.84. The molecule has 0 spiro atoms. The molecule has 0 unspecified atom stereocenters. The van der Waals surface area contributed by atoms with E-state index in [1.54, 1.807) is 18.5 Å². The Morgan fingerprint density at radius 1 is 1.12 bits per heavy atom. The van der Waals surface area contributed by atoms with E-state index in [0.717, 1.165) is 5.56 Å². The van der Waals surface area contributed by atoms with Crippen molar-refractivity contribution in [3.8, 4) is 5.75 Å². The highest BCUT2D eigenvalue weighted by atomic mass is 16.5. The van der Waals surface area contributed by atoms with Gasteiger partial charge in [-0.15, -0.1) is 0 Å². The fraction of sp³-hybridized carbons (Fsp3) is 0.0769. The van der Waals surface area contributed by atoms with Crippen LogP contribution in [-0.2, 0) is 6.61 Å². The number of benzene rings is 1. The Kier molecular flexibility index (Phi) is 3.28. The van der Waals surface area contributed by atoms with Gasteiger partial charge in [0.1, 0.15) is 6.61 Å². The Morgan fingerprint density at radius 3 is 2.44 bits per heavy atom. The van der Waals surface area contributed by atoms with Gasteiger partial charge in [-0.3, -0.25) is 0 Å². The second kappa shape index (κ2) is 5.07. The third kappa shape index (κ3) is 2.67. The summed E-state index contributed by atoms with van der Waals surface area (Å²) in [5, 5.41) is 0. The van der Waals surface area contributed by atoms with Crippen LogP contribution in [0.1, 0.15) is 11.4 Å². The highest BCUT2D eigenvalue weighted by molar-refractivity contribution is 5.36. The lowest BCUT2D eigenvalue weighted by Crippen LogP contribution is -1.96. The van der Waals surface area contributed by atoms with Crippen LogP contribution in [-0.4, -0.2) is 9.97 Å². The van der Waals surface area contributed by atoms with Crippen LogP contribution in [0.3, 0.4) is 0 Å². The summed E-state index contributed by atoms with van der Waals surface area (Å²) in [5.74, 6) is 1.27. The summed E-state index contributed by atoms with van der Waals surface area (Å²) >= 11 is 0. The molecule has 0 aliphatic rings. The first-order chi connectivity index (χ1) is 7.88. The number of aromatic nitrogens is 2. The average molecular weight is 212 g/mol. The number of hydrogen-bond donors (Lipinski definition) is 0. The number of rotatable bonds is 4. The molecule has 0 atom stereocenters. The van der Waals surface area contributed by atoms with Crippen LogP contribution in [0.15, 0.2) is 49.3 Å². The molecule has 0 saturated carbocycles. The quantitative estimate of drug-likeness (QED) is 0.781. The van der Waals surface area contributed by atoms with Gasteiger partial charge in [0.05, 0.1) is 12.4 Å². The summed E-state index contributed by atoms with van der Waals surface area (Å²) in [6.45, 7) is 4.11. The van der Waals surface area contributed by atoms with Gasteiger partial charge in [0.2, 0.25) is 0 Å². The zero-order chi connectivity index (χ0) is 11.2. The second-order valence-electron chi connectivity index (χ2n) is 3.26. The maximum absolute atomic E-state index is 5.53. The Hall–Kier alpha value is -2.16. The van der Waals surface area contributed by atoms with Crippen LogP contribution < -0.4 is 4.74 Å². The maximum atomic E-state index is 5.53. The molecule has 1 aromatic carbocycles. The molecule has 0 saturated heterocycles. The van der Waals surface area contributed by atoms with Crippen LogP contribution in [0.4, 0.5) is 0 Å². The van der Waals surface area contributed by atoms with Crippen molar-refractivity contribution in [3.05, 3.63) is 60.7 Å². The van der Waals surface area contributed by atoms with E-state index < -0.39 is 0 Å². The minimum atomic E-state index is 0.525. The molecule has 3 nitrogen and oxygen atoms in total. The highest BCUT2D eigenvalue weighted by Crippen LogP contribution is 2.09. The van der Waals surface area contributed by atoms with Crippen molar-refractivity contribution in [1.82, 2.24) is 9.97 Å². The van der Waals surface area contributed by atoms with Crippen molar-refractivity contribution >= 4 is 6.08 Å². The Labute approximate surface area is 94.4 Å². The standard InChI is InChI=1S/C13H12N2O/c1-2-13-14-8-12(9-15-13)16-10-11-6-4-3-5-7-11/h2-9H,1,10H2. The number of ether oxygens (including phenoxy) is 1. The predicted octanol–water partition coefficient (Wildman–Crippen LogP) is 2.70. The largest absolute Gasteiger partial charge is 0.486 e. The maximum Gasteiger partial charge on any atom is 0.156 e. The molecule has 0 N–H and O–H groups in total. The van der Waals surface area contributed by atoms with Gasteiger partial charge in [0.25, 0.3) is 0 Å². The molecule has 2 rings (SSSR count). The lowest BCUT2D eigenvalue weighted by molar-refractivity contribution is 0.303. The van der Waals surface area contributed by atoms with E-state index in [2.05, 4.69) is 16.5 Å². The third-order valence-corrected chi connectivity index (χ3v) is 2.08. The Bertz CT molecular complexity index is 451. The van der Waals surface area contributed by atoms with Crippen LogP contribution in [0.2, 0.25) is 0 Å². The molecule has 0 amide bonds. The third-order valence-electron chi connectivity index (χ3n) is 2.08. The molecule has 0 bridgehead atoms. The van der Waals surface area contributed by atoms with Crippen molar-refractivity contribution in [1.29, 1.82) is 0 Å². The number of hydrogen-bond acceptors (Lipinski definition) is 3. The Morgan fingerprint density at radius 2 is 1.81 bits per heavy atom. The van der Waals surface area contributed by atoms with Gasteiger partial charge in [0, 0.05) is 0 Å².